The predicted molar refractivity (Wildman–Crippen MR) is 111 cm³/mol. The third-order valence-electron chi connectivity index (χ3n) is 5.13. The van der Waals surface area contributed by atoms with Gasteiger partial charge < -0.3 is 34.6 Å². The number of hydrogen-bond acceptors (Lipinski definition) is 10. The molecule has 0 fully saturated rings. The number of aliphatic hydroxyl groups is 4. The quantitative estimate of drug-likeness (QED) is 0.231. The van der Waals surface area contributed by atoms with Crippen molar-refractivity contribution in [3.05, 3.63) is 35.9 Å². The van der Waals surface area contributed by atoms with Gasteiger partial charge in [0.2, 0.25) is 0 Å². The number of carbonyl (C=O) groups excluding carboxylic acids is 3. The first-order valence-electron chi connectivity index (χ1n) is 9.99. The number of rotatable bonds is 13. The number of benzene rings is 1. The Kier molecular flexibility index (Phi) is 10.2. The van der Waals surface area contributed by atoms with Gasteiger partial charge in [0.15, 0.2) is 0 Å². The second kappa shape index (κ2) is 11.9. The van der Waals surface area contributed by atoms with Crippen LogP contribution in [-0.2, 0) is 35.2 Å². The lowest BCUT2D eigenvalue weighted by molar-refractivity contribution is -0.179. The number of ether oxygens (including phenoxy) is 3. The number of carbonyl (C=O) groups is 3. The maximum absolute atomic E-state index is 12.8. The normalized spacial score (nSPS) is 12.2. The highest BCUT2D eigenvalue weighted by Crippen LogP contribution is 2.26. The van der Waals surface area contributed by atoms with Gasteiger partial charge in [0.25, 0.3) is 0 Å². The molecule has 10 heteroatoms. The van der Waals surface area contributed by atoms with E-state index in [1.165, 1.54) is 20.8 Å². The van der Waals surface area contributed by atoms with Crippen molar-refractivity contribution in [1.29, 1.82) is 0 Å². The van der Waals surface area contributed by atoms with Gasteiger partial charge in [-0.05, 0) is 26.3 Å². The molecule has 1 rings (SSSR count). The molecule has 0 aliphatic rings. The van der Waals surface area contributed by atoms with Crippen LogP contribution in [0.4, 0.5) is 0 Å². The number of hydrogen-bond donors (Lipinski definition) is 4. The molecule has 4 N–H and O–H groups in total. The van der Waals surface area contributed by atoms with Gasteiger partial charge in [-0.1, -0.05) is 30.3 Å². The van der Waals surface area contributed by atoms with E-state index in [1.54, 1.807) is 30.3 Å². The van der Waals surface area contributed by atoms with Crippen molar-refractivity contribution in [3.63, 3.8) is 0 Å². The first-order chi connectivity index (χ1) is 15.0. The van der Waals surface area contributed by atoms with Gasteiger partial charge in [-0.2, -0.15) is 0 Å². The third-order valence-corrected chi connectivity index (χ3v) is 5.13. The molecule has 1 aromatic carbocycles. The maximum atomic E-state index is 12.8. The van der Waals surface area contributed by atoms with Crippen LogP contribution in [0.3, 0.4) is 0 Å². The Labute approximate surface area is 186 Å². The van der Waals surface area contributed by atoms with E-state index in [0.717, 1.165) is 0 Å². The van der Waals surface area contributed by atoms with Crippen molar-refractivity contribution in [2.24, 2.45) is 16.2 Å². The van der Waals surface area contributed by atoms with Crippen LogP contribution in [0.25, 0.3) is 0 Å². The number of aliphatic hydroxyl groups excluding tert-OH is 4. The third kappa shape index (κ3) is 6.99. The molecule has 0 amide bonds. The lowest BCUT2D eigenvalue weighted by Crippen LogP contribution is -2.45. The Hall–Kier alpha value is -2.53. The molecule has 0 radical (unpaired) electrons. The van der Waals surface area contributed by atoms with Crippen LogP contribution in [0.1, 0.15) is 26.3 Å². The maximum Gasteiger partial charge on any atom is 0.319 e. The van der Waals surface area contributed by atoms with E-state index < -0.39 is 73.8 Å². The zero-order chi connectivity index (χ0) is 24.4. The minimum absolute atomic E-state index is 0.0762. The van der Waals surface area contributed by atoms with Crippen LogP contribution in [0.15, 0.2) is 30.3 Å². The SMILES string of the molecule is CC(CO)(CO)C(=O)OCC(C)(COC(=O)C(C)(CO)CO)C(=O)OCc1ccccc1. The first kappa shape index (κ1) is 27.5. The molecule has 180 valence electrons. The van der Waals surface area contributed by atoms with Gasteiger partial charge in [0, 0.05) is 0 Å². The second-order valence-electron chi connectivity index (χ2n) is 8.53. The van der Waals surface area contributed by atoms with E-state index >= 15 is 0 Å². The summed E-state index contributed by atoms with van der Waals surface area (Å²) in [5.74, 6) is -2.73. The van der Waals surface area contributed by atoms with Gasteiger partial charge in [-0.25, -0.2) is 0 Å². The van der Waals surface area contributed by atoms with E-state index in [4.69, 9.17) is 14.2 Å². The average Bonchev–Trinajstić information content (AvgIpc) is 2.83. The fraction of sp³-hybridized carbons (Fsp3) is 0.591. The first-order valence-corrected chi connectivity index (χ1v) is 9.99. The molecule has 1 aromatic rings. The summed E-state index contributed by atoms with van der Waals surface area (Å²) in [6.45, 7) is -0.0266. The topological polar surface area (TPSA) is 160 Å². The molecule has 32 heavy (non-hydrogen) atoms. The predicted octanol–water partition coefficient (Wildman–Crippen LogP) is -0.196. The van der Waals surface area contributed by atoms with Crippen LogP contribution in [0, 0.1) is 16.2 Å². The van der Waals surface area contributed by atoms with Gasteiger partial charge in [0.1, 0.15) is 36.1 Å². The van der Waals surface area contributed by atoms with E-state index in [2.05, 4.69) is 0 Å². The van der Waals surface area contributed by atoms with E-state index in [-0.39, 0.29) is 6.61 Å². The molecule has 0 saturated heterocycles. The van der Waals surface area contributed by atoms with E-state index in [0.29, 0.717) is 5.56 Å². The molecular formula is C22H32O10. The van der Waals surface area contributed by atoms with E-state index in [9.17, 15) is 34.8 Å². The summed E-state index contributed by atoms with van der Waals surface area (Å²) < 4.78 is 15.6. The van der Waals surface area contributed by atoms with Crippen molar-refractivity contribution >= 4 is 17.9 Å². The summed E-state index contributed by atoms with van der Waals surface area (Å²) in [5, 5.41) is 37.4. The lowest BCUT2D eigenvalue weighted by Gasteiger charge is -2.30. The van der Waals surface area contributed by atoms with Crippen molar-refractivity contribution in [3.8, 4) is 0 Å². The monoisotopic (exact) mass is 456 g/mol. The Morgan fingerprint density at radius 2 is 1.03 bits per heavy atom. The molecule has 0 bridgehead atoms. The van der Waals surface area contributed by atoms with Crippen molar-refractivity contribution < 1.29 is 49.0 Å². The highest BCUT2D eigenvalue weighted by atomic mass is 16.6. The standard InChI is InChI=1S/C22H32O10/c1-20(10-23,11-24)17(27)31-14-22(3,15-32-18(28)21(2,12-25)13-26)19(29)30-9-16-7-5-4-6-8-16/h4-8,23-26H,9-15H2,1-3H3. The fourth-order valence-electron chi connectivity index (χ4n) is 2.21. The fourth-order valence-corrected chi connectivity index (χ4v) is 2.21. The van der Waals surface area contributed by atoms with Crippen molar-refractivity contribution in [2.75, 3.05) is 39.6 Å². The Morgan fingerprint density at radius 1 is 0.656 bits per heavy atom. The summed E-state index contributed by atoms with van der Waals surface area (Å²) in [6, 6.07) is 8.81. The minimum Gasteiger partial charge on any atom is -0.464 e. The summed E-state index contributed by atoms with van der Waals surface area (Å²) in [4.78, 5) is 37.4. The molecule has 0 unspecified atom stereocenters. The van der Waals surface area contributed by atoms with Gasteiger partial charge >= 0.3 is 17.9 Å². The molecule has 0 aliphatic heterocycles. The molecule has 10 nitrogen and oxygen atoms in total. The Bertz CT molecular complexity index is 719. The molecule has 0 heterocycles. The molecule has 0 spiro atoms. The van der Waals surface area contributed by atoms with E-state index in [1.807, 2.05) is 0 Å². The lowest BCUT2D eigenvalue weighted by atomic mass is 9.90. The zero-order valence-corrected chi connectivity index (χ0v) is 18.6. The Morgan fingerprint density at radius 3 is 1.41 bits per heavy atom. The Balaban J connectivity index is 2.98. The van der Waals surface area contributed by atoms with Gasteiger partial charge in [-0.15, -0.1) is 0 Å². The van der Waals surface area contributed by atoms with Crippen LogP contribution in [0.5, 0.6) is 0 Å². The summed E-state index contributed by atoms with van der Waals surface area (Å²) >= 11 is 0. The largest absolute Gasteiger partial charge is 0.464 e. The number of esters is 3. The molecule has 0 atom stereocenters. The average molecular weight is 456 g/mol. The van der Waals surface area contributed by atoms with Crippen LogP contribution in [0.2, 0.25) is 0 Å². The molecular weight excluding hydrogens is 424 g/mol. The van der Waals surface area contributed by atoms with Gasteiger partial charge in [-0.3, -0.25) is 14.4 Å². The zero-order valence-electron chi connectivity index (χ0n) is 18.6. The summed E-state index contributed by atoms with van der Waals surface area (Å²) in [7, 11) is 0. The minimum atomic E-state index is -1.64. The molecule has 0 aromatic heterocycles. The van der Waals surface area contributed by atoms with Gasteiger partial charge in [0.05, 0.1) is 26.4 Å². The highest BCUT2D eigenvalue weighted by molar-refractivity contribution is 5.81. The molecule has 0 saturated carbocycles. The van der Waals surface area contributed by atoms with Crippen molar-refractivity contribution in [2.45, 2.75) is 27.4 Å². The molecule has 0 aliphatic carbocycles. The van der Waals surface area contributed by atoms with Crippen LogP contribution >= 0.6 is 0 Å². The summed E-state index contributed by atoms with van der Waals surface area (Å²) in [5.41, 5.74) is -4.11. The second-order valence-corrected chi connectivity index (χ2v) is 8.53. The van der Waals surface area contributed by atoms with Crippen molar-refractivity contribution in [1.82, 2.24) is 0 Å². The summed E-state index contributed by atoms with van der Waals surface area (Å²) in [6.07, 6.45) is 0. The van der Waals surface area contributed by atoms with Crippen LogP contribution in [-0.4, -0.2) is 78.0 Å². The van der Waals surface area contributed by atoms with Crippen LogP contribution < -0.4 is 0 Å². The smallest absolute Gasteiger partial charge is 0.319 e. The highest BCUT2D eigenvalue weighted by Gasteiger charge is 2.43.